The number of ether oxygens (including phenoxy) is 2. The van der Waals surface area contributed by atoms with Gasteiger partial charge in [0.15, 0.2) is 17.3 Å². The number of hydrogen-bond acceptors (Lipinski definition) is 7. The number of benzene rings is 2. The smallest absolute Gasteiger partial charge is 0.439 e. The van der Waals surface area contributed by atoms with Crippen LogP contribution in [0.25, 0.3) is 0 Å². The number of carbonyl (C=O) groups excluding carboxylic acids is 1. The molecular formula is C20H17FN5O3. The maximum atomic E-state index is 14.0. The average Bonchev–Trinajstić information content (AvgIpc) is 3.06. The molecule has 0 bridgehead atoms. The molecule has 1 aromatic heterocycles. The molecular weight excluding hydrogens is 377 g/mol. The van der Waals surface area contributed by atoms with Crippen LogP contribution in [0, 0.1) is 19.7 Å². The van der Waals surface area contributed by atoms with E-state index in [2.05, 4.69) is 25.9 Å². The van der Waals surface area contributed by atoms with Crippen LogP contribution in [0.3, 0.4) is 0 Å². The maximum Gasteiger partial charge on any atom is 0.439 e. The number of aryl methyl sites for hydroxylation is 2. The van der Waals surface area contributed by atoms with Crippen molar-refractivity contribution < 1.29 is 18.7 Å². The van der Waals surface area contributed by atoms with Gasteiger partial charge in [-0.1, -0.05) is 0 Å². The van der Waals surface area contributed by atoms with E-state index in [0.29, 0.717) is 40.1 Å². The number of hydrogen-bond donors (Lipinski definition) is 2. The summed E-state index contributed by atoms with van der Waals surface area (Å²) in [6, 6.07) is 8.30. The second kappa shape index (κ2) is 7.27. The van der Waals surface area contributed by atoms with Crippen molar-refractivity contribution in [2.45, 2.75) is 13.8 Å². The number of fused-ring (bicyclic) bond motifs is 1. The molecule has 9 heteroatoms. The molecule has 0 saturated carbocycles. The van der Waals surface area contributed by atoms with Gasteiger partial charge in [-0.2, -0.15) is 10.3 Å². The van der Waals surface area contributed by atoms with Gasteiger partial charge in [0, 0.05) is 29.2 Å². The second-order valence-electron chi connectivity index (χ2n) is 6.45. The molecule has 29 heavy (non-hydrogen) atoms. The first-order valence-electron chi connectivity index (χ1n) is 8.72. The van der Waals surface area contributed by atoms with Crippen molar-refractivity contribution in [1.29, 1.82) is 0 Å². The minimum absolute atomic E-state index is 0.136. The Morgan fingerprint density at radius 2 is 1.90 bits per heavy atom. The van der Waals surface area contributed by atoms with E-state index < -0.39 is 11.9 Å². The molecule has 0 unspecified atom stereocenters. The number of halogens is 1. The Morgan fingerprint density at radius 1 is 1.07 bits per heavy atom. The molecule has 0 saturated heterocycles. The van der Waals surface area contributed by atoms with Crippen LogP contribution in [-0.2, 0) is 0 Å². The molecule has 0 atom stereocenters. The van der Waals surface area contributed by atoms with Crippen LogP contribution >= 0.6 is 0 Å². The molecule has 1 aliphatic rings. The van der Waals surface area contributed by atoms with Crippen molar-refractivity contribution in [3.63, 3.8) is 0 Å². The topological polar surface area (TPSA) is 99.5 Å². The zero-order chi connectivity index (χ0) is 20.5. The van der Waals surface area contributed by atoms with Gasteiger partial charge in [-0.25, -0.2) is 14.2 Å². The number of nitrogens with zero attached hydrogens (tertiary/aromatic N) is 3. The van der Waals surface area contributed by atoms with E-state index in [9.17, 15) is 9.18 Å². The van der Waals surface area contributed by atoms with Gasteiger partial charge < -0.3 is 20.1 Å². The highest BCUT2D eigenvalue weighted by Gasteiger charge is 2.22. The molecule has 0 fully saturated rings. The number of aromatic nitrogens is 2. The van der Waals surface area contributed by atoms with Crippen LogP contribution in [-0.4, -0.2) is 23.2 Å². The van der Waals surface area contributed by atoms with Gasteiger partial charge in [0.05, 0.1) is 7.11 Å². The van der Waals surface area contributed by atoms with Crippen molar-refractivity contribution in [3.8, 4) is 11.5 Å². The van der Waals surface area contributed by atoms with E-state index in [1.54, 1.807) is 37.4 Å². The lowest BCUT2D eigenvalue weighted by Crippen LogP contribution is -2.05. The van der Waals surface area contributed by atoms with Crippen LogP contribution in [0.1, 0.15) is 11.1 Å². The number of amides is 1. The number of rotatable bonds is 5. The van der Waals surface area contributed by atoms with Crippen molar-refractivity contribution in [2.24, 2.45) is 0 Å². The molecule has 2 heterocycles. The fraction of sp³-hybridized carbons (Fsp3) is 0.150. The zero-order valence-corrected chi connectivity index (χ0v) is 15.9. The lowest BCUT2D eigenvalue weighted by molar-refractivity contribution is 0.211. The van der Waals surface area contributed by atoms with Gasteiger partial charge in [-0.15, -0.1) is 0 Å². The summed E-state index contributed by atoms with van der Waals surface area (Å²) in [6.07, 6.45) is 1.03. The quantitative estimate of drug-likeness (QED) is 0.658. The van der Waals surface area contributed by atoms with Crippen LogP contribution in [0.15, 0.2) is 36.5 Å². The molecule has 1 amide bonds. The van der Waals surface area contributed by atoms with Crippen LogP contribution in [0.5, 0.6) is 11.5 Å². The lowest BCUT2D eigenvalue weighted by Gasteiger charge is -2.13. The van der Waals surface area contributed by atoms with Gasteiger partial charge in [0.1, 0.15) is 11.5 Å². The highest BCUT2D eigenvalue weighted by atomic mass is 19.1. The Morgan fingerprint density at radius 3 is 2.69 bits per heavy atom. The predicted octanol–water partition coefficient (Wildman–Crippen LogP) is 4.48. The maximum absolute atomic E-state index is 14.0. The Kier molecular flexibility index (Phi) is 4.63. The van der Waals surface area contributed by atoms with Gasteiger partial charge in [0.25, 0.3) is 0 Å². The van der Waals surface area contributed by atoms with E-state index in [4.69, 9.17) is 9.47 Å². The number of anilines is 4. The largest absolute Gasteiger partial charge is 0.494 e. The summed E-state index contributed by atoms with van der Waals surface area (Å²) in [5.74, 6) is 1.04. The lowest BCUT2D eigenvalue weighted by atomic mass is 10.2. The van der Waals surface area contributed by atoms with Crippen molar-refractivity contribution in [3.05, 3.63) is 53.5 Å². The highest BCUT2D eigenvalue weighted by Crippen LogP contribution is 2.34. The Hall–Kier alpha value is -3.88. The third kappa shape index (κ3) is 3.75. The van der Waals surface area contributed by atoms with Gasteiger partial charge in [0.2, 0.25) is 5.95 Å². The Balaban J connectivity index is 1.58. The Bertz CT molecular complexity index is 1120. The summed E-state index contributed by atoms with van der Waals surface area (Å²) in [4.78, 5) is 20.0. The van der Waals surface area contributed by atoms with Crippen LogP contribution < -0.4 is 25.4 Å². The summed E-state index contributed by atoms with van der Waals surface area (Å²) in [5.41, 5.74) is 3.00. The normalized spacial score (nSPS) is 12.1. The number of methoxy groups -OCH3 is 1. The van der Waals surface area contributed by atoms with E-state index in [0.717, 1.165) is 5.56 Å². The predicted molar refractivity (Wildman–Crippen MR) is 105 cm³/mol. The first-order valence-corrected chi connectivity index (χ1v) is 8.72. The fourth-order valence-corrected chi connectivity index (χ4v) is 2.84. The SMILES string of the molecule is COc1cc(Nc2ncc(C)c(Nc3ccc4c(c3)[N]C(=O)O4)n2)cc(C)c1F. The Labute approximate surface area is 166 Å². The van der Waals surface area contributed by atoms with E-state index in [1.165, 1.54) is 13.2 Å². The van der Waals surface area contributed by atoms with Crippen LogP contribution in [0.2, 0.25) is 0 Å². The molecule has 1 radical (unpaired) electrons. The van der Waals surface area contributed by atoms with Crippen LogP contribution in [0.4, 0.5) is 38.0 Å². The van der Waals surface area contributed by atoms with E-state index >= 15 is 0 Å². The molecule has 2 N–H and O–H groups in total. The molecule has 3 aromatic rings. The second-order valence-corrected chi connectivity index (χ2v) is 6.45. The summed E-state index contributed by atoms with van der Waals surface area (Å²) in [5, 5.41) is 10.0. The van der Waals surface area contributed by atoms with Crippen molar-refractivity contribution in [1.82, 2.24) is 15.3 Å². The molecule has 0 aliphatic carbocycles. The van der Waals surface area contributed by atoms with E-state index in [1.807, 2.05) is 6.92 Å². The summed E-state index contributed by atoms with van der Waals surface area (Å²) in [7, 11) is 1.41. The van der Waals surface area contributed by atoms with Gasteiger partial charge in [-0.05, 0) is 43.7 Å². The highest BCUT2D eigenvalue weighted by molar-refractivity contribution is 5.86. The molecule has 8 nitrogen and oxygen atoms in total. The number of nitrogens with one attached hydrogen (secondary N) is 2. The summed E-state index contributed by atoms with van der Waals surface area (Å²) >= 11 is 0. The minimum Gasteiger partial charge on any atom is -0.494 e. The standard InChI is InChI=1S/C20H17FN5O3/c1-10-6-13(8-16(28-3)17(10)21)24-19-22-9-11(2)18(26-19)23-12-4-5-15-14(7-12)25-20(27)29-15/h4-9H,1-3H3,(H2,22,23,24,26). The summed E-state index contributed by atoms with van der Waals surface area (Å²) < 4.78 is 24.0. The molecule has 2 aromatic carbocycles. The third-order valence-corrected chi connectivity index (χ3v) is 4.30. The fourth-order valence-electron chi connectivity index (χ4n) is 2.84. The summed E-state index contributed by atoms with van der Waals surface area (Å²) in [6.45, 7) is 3.51. The van der Waals surface area contributed by atoms with Crippen molar-refractivity contribution >= 4 is 34.9 Å². The number of carbonyl (C=O) groups is 1. The molecule has 0 spiro atoms. The third-order valence-electron chi connectivity index (χ3n) is 4.30. The average molecular weight is 394 g/mol. The first-order chi connectivity index (χ1) is 13.9. The van der Waals surface area contributed by atoms with Gasteiger partial charge in [-0.3, -0.25) is 0 Å². The van der Waals surface area contributed by atoms with E-state index in [-0.39, 0.29) is 5.75 Å². The minimum atomic E-state index is -0.633. The zero-order valence-electron chi connectivity index (χ0n) is 15.9. The molecule has 4 rings (SSSR count). The van der Waals surface area contributed by atoms with Crippen molar-refractivity contribution in [2.75, 3.05) is 17.7 Å². The molecule has 147 valence electrons. The first kappa shape index (κ1) is 18.5. The molecule has 1 aliphatic heterocycles. The van der Waals surface area contributed by atoms with Gasteiger partial charge >= 0.3 is 6.09 Å². The monoisotopic (exact) mass is 394 g/mol.